The lowest BCUT2D eigenvalue weighted by molar-refractivity contribution is 0.0920. The normalized spacial score (nSPS) is 27.3. The summed E-state index contributed by atoms with van der Waals surface area (Å²) in [4.78, 5) is 2.54. The Bertz CT molecular complexity index is 338. The Morgan fingerprint density at radius 1 is 1.56 bits per heavy atom. The summed E-state index contributed by atoms with van der Waals surface area (Å²) in [6, 6.07) is 2.22. The number of rotatable bonds is 5. The highest BCUT2D eigenvalue weighted by atomic mass is 32.1. The molecule has 2 heterocycles. The Labute approximate surface area is 115 Å². The predicted molar refractivity (Wildman–Crippen MR) is 78.1 cm³/mol. The fraction of sp³-hybridized carbons (Fsp3) is 0.733. The Balaban J connectivity index is 1.95. The lowest BCUT2D eigenvalue weighted by atomic mass is 9.82. The maximum atomic E-state index is 9.65. The second-order valence-electron chi connectivity index (χ2n) is 5.67. The van der Waals surface area contributed by atoms with Gasteiger partial charge in [-0.1, -0.05) is 20.3 Å². The minimum absolute atomic E-state index is 0.317. The fourth-order valence-electron chi connectivity index (χ4n) is 2.95. The van der Waals surface area contributed by atoms with Gasteiger partial charge < -0.3 is 10.0 Å². The SMILES string of the molecule is CCC(C)CN1CCC(c2ccsc2)C(CO)C1. The van der Waals surface area contributed by atoms with Crippen LogP contribution in [0, 0.1) is 11.8 Å². The van der Waals surface area contributed by atoms with Gasteiger partial charge in [-0.05, 0) is 47.2 Å². The Morgan fingerprint density at radius 2 is 2.39 bits per heavy atom. The number of nitrogens with zero attached hydrogens (tertiary/aromatic N) is 1. The van der Waals surface area contributed by atoms with Crippen molar-refractivity contribution in [1.82, 2.24) is 4.90 Å². The summed E-state index contributed by atoms with van der Waals surface area (Å²) in [5.74, 6) is 1.74. The van der Waals surface area contributed by atoms with E-state index >= 15 is 0 Å². The first kappa shape index (κ1) is 14.0. The highest BCUT2D eigenvalue weighted by Gasteiger charge is 2.30. The molecule has 1 fully saturated rings. The molecule has 0 saturated carbocycles. The monoisotopic (exact) mass is 267 g/mol. The summed E-state index contributed by atoms with van der Waals surface area (Å²) in [6.07, 6.45) is 2.44. The molecule has 1 aromatic rings. The lowest BCUT2D eigenvalue weighted by Gasteiger charge is -2.38. The molecule has 2 nitrogen and oxygen atoms in total. The highest BCUT2D eigenvalue weighted by molar-refractivity contribution is 7.07. The molecular formula is C15H25NOS. The van der Waals surface area contributed by atoms with Gasteiger partial charge in [-0.25, -0.2) is 0 Å². The third kappa shape index (κ3) is 3.34. The van der Waals surface area contributed by atoms with Gasteiger partial charge in [0.2, 0.25) is 0 Å². The molecule has 1 aliphatic heterocycles. The van der Waals surface area contributed by atoms with E-state index in [0.717, 1.165) is 12.5 Å². The fourth-order valence-corrected chi connectivity index (χ4v) is 3.68. The van der Waals surface area contributed by atoms with E-state index in [1.165, 1.54) is 31.5 Å². The second-order valence-corrected chi connectivity index (χ2v) is 6.45. The van der Waals surface area contributed by atoms with Crippen LogP contribution in [0.1, 0.15) is 38.2 Å². The van der Waals surface area contributed by atoms with E-state index in [0.29, 0.717) is 18.4 Å². The third-order valence-corrected chi connectivity index (χ3v) is 4.99. The Hall–Kier alpha value is -0.380. The molecule has 1 N–H and O–H groups in total. The van der Waals surface area contributed by atoms with Crippen LogP contribution >= 0.6 is 11.3 Å². The van der Waals surface area contributed by atoms with Gasteiger partial charge in [-0.2, -0.15) is 11.3 Å². The van der Waals surface area contributed by atoms with E-state index in [-0.39, 0.29) is 0 Å². The maximum absolute atomic E-state index is 9.65. The van der Waals surface area contributed by atoms with Gasteiger partial charge in [-0.3, -0.25) is 0 Å². The van der Waals surface area contributed by atoms with Crippen LogP contribution in [-0.2, 0) is 0 Å². The molecule has 0 bridgehead atoms. The van der Waals surface area contributed by atoms with Crippen molar-refractivity contribution in [2.75, 3.05) is 26.2 Å². The molecule has 102 valence electrons. The van der Waals surface area contributed by atoms with Crippen LogP contribution in [0.15, 0.2) is 16.8 Å². The van der Waals surface area contributed by atoms with Crippen molar-refractivity contribution < 1.29 is 5.11 Å². The molecule has 0 aliphatic carbocycles. The summed E-state index contributed by atoms with van der Waals surface area (Å²) in [6.45, 7) is 8.31. The smallest absolute Gasteiger partial charge is 0.0477 e. The van der Waals surface area contributed by atoms with Gasteiger partial charge in [0, 0.05) is 25.6 Å². The standard InChI is InChI=1S/C15H25NOS/c1-3-12(2)8-16-6-4-15(14(9-16)10-17)13-5-7-18-11-13/h5,7,11-12,14-15,17H,3-4,6,8-10H2,1-2H3. The molecule has 0 spiro atoms. The molecule has 18 heavy (non-hydrogen) atoms. The summed E-state index contributed by atoms with van der Waals surface area (Å²) in [5.41, 5.74) is 1.43. The average Bonchev–Trinajstić information content (AvgIpc) is 2.92. The molecule has 0 aromatic carbocycles. The third-order valence-electron chi connectivity index (χ3n) is 4.29. The van der Waals surface area contributed by atoms with Gasteiger partial charge in [0.1, 0.15) is 0 Å². The van der Waals surface area contributed by atoms with Crippen molar-refractivity contribution in [3.05, 3.63) is 22.4 Å². The van der Waals surface area contributed by atoms with E-state index in [4.69, 9.17) is 0 Å². The Morgan fingerprint density at radius 3 is 3.00 bits per heavy atom. The highest BCUT2D eigenvalue weighted by Crippen LogP contribution is 2.34. The number of hydrogen-bond donors (Lipinski definition) is 1. The van der Waals surface area contributed by atoms with Crippen LogP contribution in [0.25, 0.3) is 0 Å². The maximum Gasteiger partial charge on any atom is 0.0477 e. The molecule has 1 saturated heterocycles. The minimum atomic E-state index is 0.317. The second kappa shape index (κ2) is 6.69. The number of likely N-dealkylation sites (tertiary alicyclic amines) is 1. The largest absolute Gasteiger partial charge is 0.396 e. The minimum Gasteiger partial charge on any atom is -0.396 e. The molecule has 3 unspecified atom stereocenters. The van der Waals surface area contributed by atoms with Crippen LogP contribution < -0.4 is 0 Å². The van der Waals surface area contributed by atoms with Crippen molar-refractivity contribution >= 4 is 11.3 Å². The number of thiophene rings is 1. The van der Waals surface area contributed by atoms with Crippen molar-refractivity contribution in [3.8, 4) is 0 Å². The first-order valence-electron chi connectivity index (χ1n) is 7.09. The summed E-state index contributed by atoms with van der Waals surface area (Å²) in [7, 11) is 0. The summed E-state index contributed by atoms with van der Waals surface area (Å²) in [5, 5.41) is 14.0. The van der Waals surface area contributed by atoms with Crippen molar-refractivity contribution in [2.45, 2.75) is 32.6 Å². The first-order chi connectivity index (χ1) is 8.74. The number of aliphatic hydroxyl groups is 1. The van der Waals surface area contributed by atoms with E-state index in [9.17, 15) is 5.11 Å². The van der Waals surface area contributed by atoms with E-state index < -0.39 is 0 Å². The van der Waals surface area contributed by atoms with Gasteiger partial charge in [-0.15, -0.1) is 0 Å². The van der Waals surface area contributed by atoms with E-state index in [1.54, 1.807) is 11.3 Å². The average molecular weight is 267 g/mol. The van der Waals surface area contributed by atoms with Crippen molar-refractivity contribution in [3.63, 3.8) is 0 Å². The predicted octanol–water partition coefficient (Wildman–Crippen LogP) is 3.19. The van der Waals surface area contributed by atoms with Crippen molar-refractivity contribution in [2.24, 2.45) is 11.8 Å². The summed E-state index contributed by atoms with van der Waals surface area (Å²) < 4.78 is 0. The number of piperidine rings is 1. The van der Waals surface area contributed by atoms with E-state index in [2.05, 4.69) is 35.6 Å². The van der Waals surface area contributed by atoms with Crippen LogP contribution in [0.3, 0.4) is 0 Å². The first-order valence-corrected chi connectivity index (χ1v) is 8.04. The molecule has 1 aromatic heterocycles. The van der Waals surface area contributed by atoms with E-state index in [1.807, 2.05) is 0 Å². The Kier molecular flexibility index (Phi) is 5.22. The topological polar surface area (TPSA) is 23.5 Å². The van der Waals surface area contributed by atoms with Gasteiger partial charge in [0.15, 0.2) is 0 Å². The molecule has 1 aliphatic rings. The van der Waals surface area contributed by atoms with Crippen molar-refractivity contribution in [1.29, 1.82) is 0 Å². The van der Waals surface area contributed by atoms with Gasteiger partial charge in [0.05, 0.1) is 0 Å². The molecular weight excluding hydrogens is 242 g/mol. The number of aliphatic hydroxyl groups excluding tert-OH is 1. The lowest BCUT2D eigenvalue weighted by Crippen LogP contribution is -2.42. The van der Waals surface area contributed by atoms with Gasteiger partial charge in [0.25, 0.3) is 0 Å². The summed E-state index contributed by atoms with van der Waals surface area (Å²) >= 11 is 1.77. The van der Waals surface area contributed by atoms with Crippen LogP contribution in [-0.4, -0.2) is 36.2 Å². The zero-order valence-electron chi connectivity index (χ0n) is 11.5. The zero-order chi connectivity index (χ0) is 13.0. The molecule has 3 heteroatoms. The molecule has 0 amide bonds. The van der Waals surface area contributed by atoms with Gasteiger partial charge >= 0.3 is 0 Å². The zero-order valence-corrected chi connectivity index (χ0v) is 12.3. The van der Waals surface area contributed by atoms with Crippen LogP contribution in [0.4, 0.5) is 0 Å². The molecule has 3 atom stereocenters. The molecule has 0 radical (unpaired) electrons. The van der Waals surface area contributed by atoms with Crippen LogP contribution in [0.2, 0.25) is 0 Å². The number of hydrogen-bond acceptors (Lipinski definition) is 3. The quantitative estimate of drug-likeness (QED) is 0.885. The molecule has 2 rings (SSSR count). The van der Waals surface area contributed by atoms with Crippen LogP contribution in [0.5, 0.6) is 0 Å².